The number of rotatable bonds is 8. The van der Waals surface area contributed by atoms with Crippen LogP contribution in [0, 0.1) is 6.92 Å². The number of methoxy groups -OCH3 is 1. The highest BCUT2D eigenvalue weighted by Gasteiger charge is 2.35. The number of aromatic nitrogens is 3. The zero-order chi connectivity index (χ0) is 24.5. The number of para-hydroxylation sites is 1. The van der Waals surface area contributed by atoms with E-state index in [0.29, 0.717) is 35.7 Å². The second-order valence-corrected chi connectivity index (χ2v) is 9.11. The highest BCUT2D eigenvalue weighted by molar-refractivity contribution is 7.20. The first-order chi connectivity index (χ1) is 17.0. The summed E-state index contributed by atoms with van der Waals surface area (Å²) in [5.41, 5.74) is 3.48. The SMILES string of the molecule is C=CCOc1c(OC)cccc1C1CC(=O)Nc2c1c(C)nn2-c1nc2ccc(OCC)cc2s1. The van der Waals surface area contributed by atoms with Crippen LogP contribution in [0.3, 0.4) is 0 Å². The zero-order valence-electron chi connectivity index (χ0n) is 19.8. The molecule has 1 amide bonds. The molecule has 1 aliphatic heterocycles. The summed E-state index contributed by atoms with van der Waals surface area (Å²) >= 11 is 1.50. The predicted octanol–water partition coefficient (Wildman–Crippen LogP) is 5.24. The Morgan fingerprint density at radius 2 is 2.14 bits per heavy atom. The zero-order valence-corrected chi connectivity index (χ0v) is 20.6. The number of ether oxygens (including phenoxy) is 3. The highest BCUT2D eigenvalue weighted by Crippen LogP contribution is 2.46. The van der Waals surface area contributed by atoms with Crippen LogP contribution in [0.2, 0.25) is 0 Å². The fourth-order valence-electron chi connectivity index (χ4n) is 4.46. The Balaban J connectivity index is 1.62. The van der Waals surface area contributed by atoms with Crippen LogP contribution in [0.5, 0.6) is 17.2 Å². The summed E-state index contributed by atoms with van der Waals surface area (Å²) < 4.78 is 19.9. The van der Waals surface area contributed by atoms with Crippen molar-refractivity contribution < 1.29 is 19.0 Å². The second-order valence-electron chi connectivity index (χ2n) is 8.10. The van der Waals surface area contributed by atoms with Crippen molar-refractivity contribution in [3.8, 4) is 22.4 Å². The average molecular weight is 491 g/mol. The lowest BCUT2D eigenvalue weighted by atomic mass is 9.85. The minimum atomic E-state index is -0.249. The molecule has 3 heterocycles. The maximum atomic E-state index is 12.9. The third-order valence-corrected chi connectivity index (χ3v) is 6.89. The third kappa shape index (κ3) is 4.12. The Bertz CT molecular complexity index is 1420. The molecule has 1 aliphatic rings. The van der Waals surface area contributed by atoms with Crippen LogP contribution in [0.1, 0.15) is 36.1 Å². The van der Waals surface area contributed by atoms with Crippen LogP contribution in [-0.4, -0.2) is 41.0 Å². The Labute approximate surface area is 207 Å². The van der Waals surface area contributed by atoms with Gasteiger partial charge in [0.2, 0.25) is 11.0 Å². The number of nitrogens with zero attached hydrogens (tertiary/aromatic N) is 3. The lowest BCUT2D eigenvalue weighted by Gasteiger charge is -2.26. The van der Waals surface area contributed by atoms with Crippen LogP contribution >= 0.6 is 11.3 Å². The van der Waals surface area contributed by atoms with Gasteiger partial charge in [0.05, 0.1) is 29.6 Å². The molecule has 180 valence electrons. The first kappa shape index (κ1) is 22.9. The van der Waals surface area contributed by atoms with Crippen molar-refractivity contribution >= 4 is 33.3 Å². The molecule has 0 spiro atoms. The molecule has 0 radical (unpaired) electrons. The lowest BCUT2D eigenvalue weighted by Crippen LogP contribution is -2.25. The number of hydrogen-bond donors (Lipinski definition) is 1. The summed E-state index contributed by atoms with van der Waals surface area (Å²) in [6.07, 6.45) is 1.96. The van der Waals surface area contributed by atoms with Crippen molar-refractivity contribution in [2.24, 2.45) is 0 Å². The van der Waals surface area contributed by atoms with Crippen LogP contribution < -0.4 is 19.5 Å². The summed E-state index contributed by atoms with van der Waals surface area (Å²) in [5, 5.41) is 8.50. The molecule has 4 aromatic rings. The van der Waals surface area contributed by atoms with Crippen LogP contribution in [-0.2, 0) is 4.79 Å². The summed E-state index contributed by atoms with van der Waals surface area (Å²) in [6, 6.07) is 11.5. The van der Waals surface area contributed by atoms with E-state index in [2.05, 4.69) is 11.9 Å². The largest absolute Gasteiger partial charge is 0.494 e. The molecule has 0 bridgehead atoms. The summed E-state index contributed by atoms with van der Waals surface area (Å²) in [7, 11) is 1.60. The van der Waals surface area contributed by atoms with E-state index in [1.807, 2.05) is 50.2 Å². The van der Waals surface area contributed by atoms with E-state index < -0.39 is 0 Å². The number of aryl methyl sites for hydroxylation is 1. The summed E-state index contributed by atoms with van der Waals surface area (Å²) in [4.78, 5) is 17.7. The minimum absolute atomic E-state index is 0.0964. The molecule has 1 N–H and O–H groups in total. The number of fused-ring (bicyclic) bond motifs is 2. The van der Waals surface area contributed by atoms with Gasteiger partial charge in [-0.3, -0.25) is 4.79 Å². The smallest absolute Gasteiger partial charge is 0.226 e. The molecular weight excluding hydrogens is 464 g/mol. The highest BCUT2D eigenvalue weighted by atomic mass is 32.1. The molecule has 8 nitrogen and oxygen atoms in total. The molecule has 5 rings (SSSR count). The van der Waals surface area contributed by atoms with E-state index in [1.165, 1.54) is 11.3 Å². The number of anilines is 1. The monoisotopic (exact) mass is 490 g/mol. The van der Waals surface area contributed by atoms with Crippen LogP contribution in [0.15, 0.2) is 49.1 Å². The second kappa shape index (κ2) is 9.42. The number of benzene rings is 2. The topological polar surface area (TPSA) is 87.5 Å². The normalized spacial score (nSPS) is 14.9. The van der Waals surface area contributed by atoms with Crippen molar-refractivity contribution in [2.45, 2.75) is 26.2 Å². The van der Waals surface area contributed by atoms with Crippen LogP contribution in [0.4, 0.5) is 5.82 Å². The molecule has 35 heavy (non-hydrogen) atoms. The fourth-order valence-corrected chi connectivity index (χ4v) is 5.41. The van der Waals surface area contributed by atoms with Gasteiger partial charge in [0, 0.05) is 23.5 Å². The lowest BCUT2D eigenvalue weighted by molar-refractivity contribution is -0.116. The van der Waals surface area contributed by atoms with Gasteiger partial charge >= 0.3 is 0 Å². The molecular formula is C26H26N4O4S. The van der Waals surface area contributed by atoms with E-state index in [9.17, 15) is 4.79 Å². The van der Waals surface area contributed by atoms with Gasteiger partial charge in [0.25, 0.3) is 0 Å². The van der Waals surface area contributed by atoms with E-state index >= 15 is 0 Å². The number of nitrogens with one attached hydrogen (secondary N) is 1. The number of thiazole rings is 1. The molecule has 0 saturated carbocycles. The quantitative estimate of drug-likeness (QED) is 0.340. The Kier molecular flexibility index (Phi) is 6.17. The first-order valence-corrected chi connectivity index (χ1v) is 12.2. The number of amides is 1. The Morgan fingerprint density at radius 3 is 2.91 bits per heavy atom. The van der Waals surface area contributed by atoms with E-state index in [0.717, 1.165) is 32.8 Å². The van der Waals surface area contributed by atoms with Crippen molar-refractivity contribution in [3.63, 3.8) is 0 Å². The average Bonchev–Trinajstić information content (AvgIpc) is 3.42. The van der Waals surface area contributed by atoms with Gasteiger partial charge in [0.15, 0.2) is 11.5 Å². The van der Waals surface area contributed by atoms with Gasteiger partial charge < -0.3 is 19.5 Å². The fraction of sp³-hybridized carbons (Fsp3) is 0.269. The summed E-state index contributed by atoms with van der Waals surface area (Å²) in [6.45, 7) is 8.58. The van der Waals surface area contributed by atoms with Crippen LogP contribution in [0.25, 0.3) is 15.3 Å². The van der Waals surface area contributed by atoms with E-state index in [1.54, 1.807) is 17.9 Å². The van der Waals surface area contributed by atoms with Gasteiger partial charge in [-0.05, 0) is 38.1 Å². The maximum Gasteiger partial charge on any atom is 0.226 e. The molecule has 1 atom stereocenters. The third-order valence-electron chi connectivity index (χ3n) is 5.89. The maximum absolute atomic E-state index is 12.9. The van der Waals surface area contributed by atoms with E-state index in [4.69, 9.17) is 24.3 Å². The number of carbonyl (C=O) groups excluding carboxylic acids is 1. The molecule has 0 fully saturated rings. The molecule has 9 heteroatoms. The summed E-state index contributed by atoms with van der Waals surface area (Å²) in [5.74, 6) is 2.30. The van der Waals surface area contributed by atoms with E-state index in [-0.39, 0.29) is 18.2 Å². The van der Waals surface area contributed by atoms with Gasteiger partial charge in [-0.1, -0.05) is 36.1 Å². The van der Waals surface area contributed by atoms with Gasteiger partial charge in [-0.15, -0.1) is 0 Å². The standard InChI is InChI=1S/C26H26N4O4S/c1-5-12-34-24-17(8-7-9-20(24)32-4)18-14-22(31)28-25-23(18)15(3)29-30(25)26-27-19-11-10-16(33-6-2)13-21(19)35-26/h5,7-11,13,18H,1,6,12,14H2,2-4H3,(H,28,31). The van der Waals surface area contributed by atoms with Crippen molar-refractivity contribution in [2.75, 3.05) is 25.6 Å². The molecule has 0 aliphatic carbocycles. The molecule has 2 aromatic heterocycles. The molecule has 2 aromatic carbocycles. The Hall–Kier alpha value is -3.85. The van der Waals surface area contributed by atoms with Crippen molar-refractivity contribution in [1.29, 1.82) is 0 Å². The van der Waals surface area contributed by atoms with Gasteiger partial charge in [-0.25, -0.2) is 4.98 Å². The van der Waals surface area contributed by atoms with Crippen molar-refractivity contribution in [3.05, 3.63) is 65.9 Å². The molecule has 0 saturated heterocycles. The van der Waals surface area contributed by atoms with Crippen molar-refractivity contribution in [1.82, 2.24) is 14.8 Å². The van der Waals surface area contributed by atoms with Gasteiger partial charge in [-0.2, -0.15) is 9.78 Å². The minimum Gasteiger partial charge on any atom is -0.494 e. The molecule has 1 unspecified atom stereocenters. The number of hydrogen-bond acceptors (Lipinski definition) is 7. The Morgan fingerprint density at radius 1 is 1.29 bits per heavy atom. The number of carbonyl (C=O) groups is 1. The predicted molar refractivity (Wildman–Crippen MR) is 136 cm³/mol. The van der Waals surface area contributed by atoms with Gasteiger partial charge in [0.1, 0.15) is 18.2 Å². The first-order valence-electron chi connectivity index (χ1n) is 11.4.